The molecule has 2 unspecified atom stereocenters. The van der Waals surface area contributed by atoms with E-state index in [-0.39, 0.29) is 0 Å². The number of aliphatic imine (C=N–C) groups is 2. The number of benzene rings is 4. The average Bonchev–Trinajstić information content (AvgIpc) is 3.13. The Morgan fingerprint density at radius 3 is 1.04 bits per heavy atom. The topological polar surface area (TPSA) is 37.7 Å². The van der Waals surface area contributed by atoms with Gasteiger partial charge in [-0.25, -0.2) is 9.98 Å². The average molecular weight is 683 g/mol. The predicted octanol–water partition coefficient (Wildman–Crippen LogP) is 9.98. The molecule has 0 aliphatic carbocycles. The van der Waals surface area contributed by atoms with Crippen LogP contribution >= 0.6 is 12.7 Å². The maximum Gasteiger partial charge on any atom is 0.183 e. The van der Waals surface area contributed by atoms with Crippen LogP contribution in [-0.2, 0) is 23.6 Å². The van der Waals surface area contributed by atoms with Crippen LogP contribution in [0.15, 0.2) is 131 Å². The molecule has 10 heteroatoms. The number of anilines is 2. The minimum Gasteiger partial charge on any atom is -0.276 e. The second-order valence-corrected chi connectivity index (χ2v) is 19.9. The Morgan fingerprint density at radius 2 is 0.717 bits per heavy atom. The van der Waals surface area contributed by atoms with Crippen LogP contribution in [0.25, 0.3) is 0 Å². The van der Waals surface area contributed by atoms with E-state index in [1.807, 2.05) is 12.1 Å². The van der Waals surface area contributed by atoms with Crippen molar-refractivity contribution in [3.8, 4) is 0 Å². The van der Waals surface area contributed by atoms with Gasteiger partial charge in [0, 0.05) is 37.6 Å². The van der Waals surface area contributed by atoms with Gasteiger partial charge in [-0.1, -0.05) is 85.6 Å². The van der Waals surface area contributed by atoms with Gasteiger partial charge in [0.05, 0.1) is 11.4 Å². The third-order valence-corrected chi connectivity index (χ3v) is 18.4. The van der Waals surface area contributed by atoms with E-state index in [9.17, 15) is 0 Å². The van der Waals surface area contributed by atoms with E-state index >= 15 is 0 Å². The second-order valence-electron chi connectivity index (χ2n) is 11.9. The van der Waals surface area contributed by atoms with Crippen molar-refractivity contribution in [2.24, 2.45) is 9.98 Å². The SMILES string of the molecule is S=P1(N2CCCCC2)C(=Nc2ccccc2)N(c2ccccc2)P(=S)(N2CCCCC2)C(=Nc2ccccc2)N1c1ccccc1. The van der Waals surface area contributed by atoms with Gasteiger partial charge in [-0.2, -0.15) is 0 Å². The number of nitrogens with zero attached hydrogens (tertiary/aromatic N) is 6. The fourth-order valence-electron chi connectivity index (χ4n) is 6.61. The molecule has 4 aromatic rings. The summed E-state index contributed by atoms with van der Waals surface area (Å²) in [4.78, 5) is 11.2. The summed E-state index contributed by atoms with van der Waals surface area (Å²) in [6.07, 6.45) is 1.12. The molecule has 0 radical (unpaired) electrons. The van der Waals surface area contributed by atoms with Crippen molar-refractivity contribution in [1.29, 1.82) is 0 Å². The number of amidine groups is 2. The minimum absolute atomic E-state index is 0.890. The summed E-state index contributed by atoms with van der Waals surface area (Å²) in [5.41, 5.74) is 5.64. The largest absolute Gasteiger partial charge is 0.276 e. The molecule has 0 bridgehead atoms. The van der Waals surface area contributed by atoms with Gasteiger partial charge in [-0.15, -0.1) is 0 Å². The summed E-state index contributed by atoms with van der Waals surface area (Å²) >= 11 is 14.5. The first-order valence-electron chi connectivity index (χ1n) is 16.3. The number of piperidine rings is 2. The van der Waals surface area contributed by atoms with Crippen LogP contribution in [0.1, 0.15) is 38.5 Å². The van der Waals surface area contributed by atoms with Crippen LogP contribution in [0.4, 0.5) is 22.7 Å². The molecule has 236 valence electrons. The van der Waals surface area contributed by atoms with Gasteiger partial charge in [0.15, 0.2) is 23.8 Å². The zero-order valence-corrected chi connectivity index (χ0v) is 29.4. The molecule has 2 atom stereocenters. The number of para-hydroxylation sites is 4. The Morgan fingerprint density at radius 1 is 0.413 bits per heavy atom. The lowest BCUT2D eigenvalue weighted by Gasteiger charge is -2.58. The van der Waals surface area contributed by atoms with E-state index in [1.54, 1.807) is 0 Å². The summed E-state index contributed by atoms with van der Waals surface area (Å²) in [5, 5.41) is 0. The molecule has 3 fully saturated rings. The molecule has 3 aliphatic rings. The number of hydrogen-bond donors (Lipinski definition) is 0. The normalized spacial score (nSPS) is 26.4. The van der Waals surface area contributed by atoms with Crippen LogP contribution in [0.5, 0.6) is 0 Å². The molecule has 3 aliphatic heterocycles. The highest BCUT2D eigenvalue weighted by Gasteiger charge is 2.57. The molecule has 46 heavy (non-hydrogen) atoms. The summed E-state index contributed by atoms with van der Waals surface area (Å²) in [6.45, 7) is 3.68. The fraction of sp³-hybridized carbons (Fsp3) is 0.278. The highest BCUT2D eigenvalue weighted by Crippen LogP contribution is 2.73. The molecule has 6 nitrogen and oxygen atoms in total. The molecule has 0 aromatic heterocycles. The third-order valence-electron chi connectivity index (χ3n) is 8.85. The maximum atomic E-state index is 7.23. The van der Waals surface area contributed by atoms with E-state index in [4.69, 9.17) is 33.6 Å². The fourth-order valence-corrected chi connectivity index (χ4v) is 17.3. The van der Waals surface area contributed by atoms with Crippen molar-refractivity contribution in [3.63, 3.8) is 0 Å². The van der Waals surface area contributed by atoms with Crippen molar-refractivity contribution < 1.29 is 0 Å². The Hall–Kier alpha value is -2.96. The van der Waals surface area contributed by atoms with Crippen molar-refractivity contribution >= 4 is 70.2 Å². The van der Waals surface area contributed by atoms with E-state index < -0.39 is 12.7 Å². The van der Waals surface area contributed by atoms with Gasteiger partial charge >= 0.3 is 0 Å². The van der Waals surface area contributed by atoms with Gasteiger partial charge in [0.25, 0.3) is 0 Å². The first-order chi connectivity index (χ1) is 22.6. The van der Waals surface area contributed by atoms with Crippen LogP contribution in [0.3, 0.4) is 0 Å². The van der Waals surface area contributed by atoms with Gasteiger partial charge in [-0.05, 0) is 97.8 Å². The summed E-state index contributed by atoms with van der Waals surface area (Å²) < 4.78 is 9.95. The van der Waals surface area contributed by atoms with Crippen LogP contribution in [0.2, 0.25) is 0 Å². The lowest BCUT2D eigenvalue weighted by Crippen LogP contribution is -2.54. The lowest BCUT2D eigenvalue weighted by molar-refractivity contribution is 0.368. The first-order valence-corrected chi connectivity index (χ1v) is 21.7. The van der Waals surface area contributed by atoms with Crippen molar-refractivity contribution in [2.45, 2.75) is 38.5 Å². The van der Waals surface area contributed by atoms with E-state index in [0.29, 0.717) is 0 Å². The molecular weight excluding hydrogens is 643 g/mol. The summed E-state index contributed by atoms with van der Waals surface area (Å²) in [6, 6.07) is 41.9. The molecule has 3 heterocycles. The Balaban J connectivity index is 1.62. The van der Waals surface area contributed by atoms with Crippen molar-refractivity contribution in [2.75, 3.05) is 35.5 Å². The summed E-state index contributed by atoms with van der Waals surface area (Å²) in [5.74, 6) is 0. The van der Waals surface area contributed by atoms with Crippen LogP contribution in [0, 0.1) is 0 Å². The van der Waals surface area contributed by atoms with E-state index in [0.717, 1.165) is 85.8 Å². The molecule has 0 amide bonds. The third kappa shape index (κ3) is 5.96. The van der Waals surface area contributed by atoms with Gasteiger partial charge < -0.3 is 0 Å². The monoisotopic (exact) mass is 682 g/mol. The van der Waals surface area contributed by atoms with Gasteiger partial charge in [-0.3, -0.25) is 18.7 Å². The quantitative estimate of drug-likeness (QED) is 0.189. The zero-order chi connectivity index (χ0) is 31.4. The molecule has 0 N–H and O–H groups in total. The molecular formula is C36H40N6P2S2. The Labute approximate surface area is 283 Å². The van der Waals surface area contributed by atoms with E-state index in [2.05, 4.69) is 128 Å². The highest BCUT2D eigenvalue weighted by molar-refractivity contribution is 8.30. The van der Waals surface area contributed by atoms with Crippen LogP contribution in [-0.4, -0.2) is 46.7 Å². The first kappa shape index (κ1) is 31.6. The van der Waals surface area contributed by atoms with Crippen molar-refractivity contribution in [1.82, 2.24) is 9.34 Å². The zero-order valence-electron chi connectivity index (χ0n) is 26.0. The molecule has 0 spiro atoms. The lowest BCUT2D eigenvalue weighted by atomic mass is 10.2. The minimum atomic E-state index is -2.86. The van der Waals surface area contributed by atoms with Gasteiger partial charge in [0.1, 0.15) is 0 Å². The van der Waals surface area contributed by atoms with Crippen LogP contribution < -0.4 is 9.34 Å². The smallest absolute Gasteiger partial charge is 0.183 e. The Bertz CT molecular complexity index is 1640. The molecule has 0 saturated carbocycles. The van der Waals surface area contributed by atoms with Gasteiger partial charge in [0.2, 0.25) is 0 Å². The van der Waals surface area contributed by atoms with Crippen molar-refractivity contribution in [3.05, 3.63) is 121 Å². The number of rotatable bonds is 6. The molecule has 7 rings (SSSR count). The maximum absolute atomic E-state index is 7.23. The highest BCUT2D eigenvalue weighted by atomic mass is 32.5. The molecule has 4 aromatic carbocycles. The number of hydrogen-bond acceptors (Lipinski definition) is 4. The second kappa shape index (κ2) is 14.0. The standard InChI is InChI=1S/C36H40N6P2S2/c45-43(39-27-15-5-16-28-39)35(37-31-19-7-1-8-20-31)41(33-23-11-3-12-24-33)44(46,40-29-17-6-18-30-40)36(38-32-21-9-2-10-22-32)42(43)34-25-13-4-14-26-34/h1-4,7-14,19-26H,5-6,15-18,27-30H2. The molecule has 3 saturated heterocycles. The van der Waals surface area contributed by atoms with E-state index in [1.165, 1.54) is 12.8 Å². The predicted molar refractivity (Wildman–Crippen MR) is 204 cm³/mol. The summed E-state index contributed by atoms with van der Waals surface area (Å²) in [7, 11) is 0. The Kier molecular flexibility index (Phi) is 9.65.